The van der Waals surface area contributed by atoms with Crippen molar-refractivity contribution in [3.05, 3.63) is 29.8 Å². The van der Waals surface area contributed by atoms with E-state index in [0.717, 1.165) is 50.7 Å². The molecule has 1 aromatic carbocycles. The summed E-state index contributed by atoms with van der Waals surface area (Å²) in [4.78, 5) is 14.6. The van der Waals surface area contributed by atoms with Crippen molar-refractivity contribution in [2.75, 3.05) is 37.6 Å². The molecule has 1 saturated heterocycles. The van der Waals surface area contributed by atoms with Crippen molar-refractivity contribution in [3.8, 4) is 0 Å². The van der Waals surface area contributed by atoms with Crippen LogP contribution in [0.25, 0.3) is 0 Å². The van der Waals surface area contributed by atoms with Crippen LogP contribution < -0.4 is 4.90 Å². The lowest BCUT2D eigenvalue weighted by Crippen LogP contribution is -2.35. The lowest BCUT2D eigenvalue weighted by molar-refractivity contribution is -0.136. The van der Waals surface area contributed by atoms with Gasteiger partial charge < -0.3 is 14.9 Å². The van der Waals surface area contributed by atoms with Crippen molar-refractivity contribution < 1.29 is 18.7 Å². The summed E-state index contributed by atoms with van der Waals surface area (Å²) in [6.07, 6.45) is 2.21. The summed E-state index contributed by atoms with van der Waals surface area (Å²) in [5, 5.41) is 8.81. The van der Waals surface area contributed by atoms with Crippen molar-refractivity contribution >= 4 is 11.7 Å². The third-order valence-electron chi connectivity index (χ3n) is 3.73. The van der Waals surface area contributed by atoms with Gasteiger partial charge in [-0.05, 0) is 38.1 Å². The van der Waals surface area contributed by atoms with Crippen molar-refractivity contribution in [3.63, 3.8) is 0 Å². The molecular formula is C15H20F2N2O2. The van der Waals surface area contributed by atoms with E-state index in [4.69, 9.17) is 5.11 Å². The third-order valence-corrected chi connectivity index (χ3v) is 3.73. The van der Waals surface area contributed by atoms with Gasteiger partial charge in [-0.2, -0.15) is 0 Å². The van der Waals surface area contributed by atoms with E-state index in [9.17, 15) is 13.6 Å². The molecule has 116 valence electrons. The van der Waals surface area contributed by atoms with E-state index < -0.39 is 17.6 Å². The second kappa shape index (κ2) is 7.36. The van der Waals surface area contributed by atoms with Gasteiger partial charge in [0.15, 0.2) is 0 Å². The second-order valence-corrected chi connectivity index (χ2v) is 5.28. The molecule has 0 unspecified atom stereocenters. The van der Waals surface area contributed by atoms with Crippen LogP contribution >= 0.6 is 0 Å². The van der Waals surface area contributed by atoms with Gasteiger partial charge in [0.2, 0.25) is 0 Å². The molecule has 21 heavy (non-hydrogen) atoms. The lowest BCUT2D eigenvalue weighted by Gasteiger charge is -2.27. The maximum absolute atomic E-state index is 13.9. The van der Waals surface area contributed by atoms with Crippen LogP contribution in [-0.4, -0.2) is 48.7 Å². The molecule has 1 aliphatic rings. The zero-order valence-electron chi connectivity index (χ0n) is 11.9. The Morgan fingerprint density at radius 2 is 1.95 bits per heavy atom. The van der Waals surface area contributed by atoms with Crippen LogP contribution in [0.5, 0.6) is 0 Å². The summed E-state index contributed by atoms with van der Waals surface area (Å²) >= 11 is 0. The number of carbonyl (C=O) groups is 1. The van der Waals surface area contributed by atoms with E-state index in [1.807, 2.05) is 0 Å². The van der Waals surface area contributed by atoms with E-state index in [2.05, 4.69) is 4.90 Å². The molecule has 1 heterocycles. The number of carboxylic acids is 1. The zero-order valence-corrected chi connectivity index (χ0v) is 11.9. The Labute approximate surface area is 123 Å². The summed E-state index contributed by atoms with van der Waals surface area (Å²) in [5.74, 6) is -1.99. The molecule has 2 rings (SSSR count). The average molecular weight is 298 g/mol. The van der Waals surface area contributed by atoms with Crippen molar-refractivity contribution in [1.29, 1.82) is 0 Å². The van der Waals surface area contributed by atoms with Gasteiger partial charge >= 0.3 is 5.97 Å². The average Bonchev–Trinajstić information content (AvgIpc) is 2.95. The Bertz CT molecular complexity index is 491. The second-order valence-electron chi connectivity index (χ2n) is 5.28. The molecule has 0 radical (unpaired) electrons. The minimum atomic E-state index is -0.946. The fraction of sp³-hybridized carbons (Fsp3) is 0.533. The van der Waals surface area contributed by atoms with Crippen LogP contribution in [0, 0.1) is 11.6 Å². The van der Waals surface area contributed by atoms with Crippen LogP contribution in [0.1, 0.15) is 19.3 Å². The fourth-order valence-electron chi connectivity index (χ4n) is 2.58. The van der Waals surface area contributed by atoms with Crippen LogP contribution in [0.15, 0.2) is 18.2 Å². The predicted molar refractivity (Wildman–Crippen MR) is 76.5 cm³/mol. The number of hydrogen-bond acceptors (Lipinski definition) is 3. The van der Waals surface area contributed by atoms with Gasteiger partial charge in [-0.15, -0.1) is 0 Å². The SMILES string of the molecule is O=C(O)CCN(CCN1CCCC1)c1cc(F)ccc1F. The molecule has 1 N–H and O–H groups in total. The molecule has 0 aliphatic carbocycles. The summed E-state index contributed by atoms with van der Waals surface area (Å²) in [6, 6.07) is 3.27. The molecule has 6 heteroatoms. The van der Waals surface area contributed by atoms with Crippen molar-refractivity contribution in [2.45, 2.75) is 19.3 Å². The normalized spacial score (nSPS) is 15.3. The number of benzene rings is 1. The minimum Gasteiger partial charge on any atom is -0.481 e. The van der Waals surface area contributed by atoms with Gasteiger partial charge in [-0.1, -0.05) is 0 Å². The van der Waals surface area contributed by atoms with E-state index in [0.29, 0.717) is 6.54 Å². The standard InChI is InChI=1S/C15H20F2N2O2/c16-12-3-4-13(17)14(11-12)19(8-5-15(20)21)10-9-18-6-1-2-7-18/h3-4,11H,1-2,5-10H2,(H,20,21). The summed E-state index contributed by atoms with van der Waals surface area (Å²) < 4.78 is 27.2. The van der Waals surface area contributed by atoms with E-state index in [-0.39, 0.29) is 18.7 Å². The first-order valence-electron chi connectivity index (χ1n) is 7.20. The Morgan fingerprint density at radius 1 is 1.24 bits per heavy atom. The lowest BCUT2D eigenvalue weighted by atomic mass is 10.2. The molecule has 0 spiro atoms. The highest BCUT2D eigenvalue weighted by Gasteiger charge is 2.17. The van der Waals surface area contributed by atoms with E-state index >= 15 is 0 Å². The number of hydrogen-bond donors (Lipinski definition) is 1. The smallest absolute Gasteiger partial charge is 0.305 e. The monoisotopic (exact) mass is 298 g/mol. The van der Waals surface area contributed by atoms with Gasteiger partial charge in [0.05, 0.1) is 12.1 Å². The Balaban J connectivity index is 2.06. The van der Waals surface area contributed by atoms with Crippen molar-refractivity contribution in [2.24, 2.45) is 0 Å². The highest BCUT2D eigenvalue weighted by molar-refractivity contribution is 5.67. The maximum atomic E-state index is 13.9. The third kappa shape index (κ3) is 4.67. The van der Waals surface area contributed by atoms with Crippen LogP contribution in [-0.2, 0) is 4.79 Å². The Kier molecular flexibility index (Phi) is 5.50. The minimum absolute atomic E-state index is 0.101. The van der Waals surface area contributed by atoms with Gasteiger partial charge in [0.1, 0.15) is 11.6 Å². The number of likely N-dealkylation sites (tertiary alicyclic amines) is 1. The highest BCUT2D eigenvalue weighted by atomic mass is 19.1. The first kappa shape index (κ1) is 15.7. The van der Waals surface area contributed by atoms with Crippen LogP contribution in [0.2, 0.25) is 0 Å². The van der Waals surface area contributed by atoms with E-state index in [1.165, 1.54) is 0 Å². The topological polar surface area (TPSA) is 43.8 Å². The Morgan fingerprint density at radius 3 is 2.62 bits per heavy atom. The summed E-state index contributed by atoms with van der Waals surface area (Å²) in [6.45, 7) is 3.42. The highest BCUT2D eigenvalue weighted by Crippen LogP contribution is 2.21. The first-order chi connectivity index (χ1) is 10.1. The van der Waals surface area contributed by atoms with Crippen molar-refractivity contribution in [1.82, 2.24) is 4.90 Å². The molecule has 0 aromatic heterocycles. The van der Waals surface area contributed by atoms with Crippen LogP contribution in [0.4, 0.5) is 14.5 Å². The quantitative estimate of drug-likeness (QED) is 0.839. The summed E-state index contributed by atoms with van der Waals surface area (Å²) in [5.41, 5.74) is 0.135. The molecule has 0 bridgehead atoms. The number of anilines is 1. The molecule has 4 nitrogen and oxygen atoms in total. The largest absolute Gasteiger partial charge is 0.481 e. The predicted octanol–water partition coefficient (Wildman–Crippen LogP) is 2.34. The number of halogens is 2. The molecule has 1 aromatic rings. The van der Waals surface area contributed by atoms with Gasteiger partial charge in [-0.25, -0.2) is 8.78 Å². The molecule has 1 fully saturated rings. The molecular weight excluding hydrogens is 278 g/mol. The van der Waals surface area contributed by atoms with E-state index in [1.54, 1.807) is 4.90 Å². The maximum Gasteiger partial charge on any atom is 0.305 e. The molecule has 0 saturated carbocycles. The van der Waals surface area contributed by atoms with Gasteiger partial charge in [0, 0.05) is 25.7 Å². The number of rotatable bonds is 7. The molecule has 1 aliphatic heterocycles. The molecule has 0 amide bonds. The van der Waals surface area contributed by atoms with Gasteiger partial charge in [0.25, 0.3) is 0 Å². The molecule has 0 atom stereocenters. The number of nitrogens with zero attached hydrogens (tertiary/aromatic N) is 2. The fourth-order valence-corrected chi connectivity index (χ4v) is 2.58. The zero-order chi connectivity index (χ0) is 15.2. The summed E-state index contributed by atoms with van der Waals surface area (Å²) in [7, 11) is 0. The first-order valence-corrected chi connectivity index (χ1v) is 7.20. The number of carboxylic acid groups (broad SMARTS) is 1. The number of aliphatic carboxylic acids is 1. The Hall–Kier alpha value is -1.69. The van der Waals surface area contributed by atoms with Gasteiger partial charge in [-0.3, -0.25) is 4.79 Å². The van der Waals surface area contributed by atoms with Crippen LogP contribution in [0.3, 0.4) is 0 Å².